The Bertz CT molecular complexity index is 909. The lowest BCUT2D eigenvalue weighted by Gasteiger charge is -2.30. The zero-order valence-corrected chi connectivity index (χ0v) is 21.1. The van der Waals surface area contributed by atoms with Gasteiger partial charge in [-0.2, -0.15) is 0 Å². The van der Waals surface area contributed by atoms with E-state index in [1.165, 1.54) is 0 Å². The molecule has 0 aromatic heterocycles. The van der Waals surface area contributed by atoms with E-state index < -0.39 is 6.04 Å². The van der Waals surface area contributed by atoms with E-state index in [0.29, 0.717) is 24.5 Å². The van der Waals surface area contributed by atoms with Crippen molar-refractivity contribution in [2.24, 2.45) is 0 Å². The predicted molar refractivity (Wildman–Crippen MR) is 130 cm³/mol. The maximum Gasteiger partial charge on any atom is 0.261 e. The molecule has 0 spiro atoms. The highest BCUT2D eigenvalue weighted by molar-refractivity contribution is 9.10. The molecule has 0 saturated heterocycles. The Kier molecular flexibility index (Phi) is 10.0. The van der Waals surface area contributed by atoms with E-state index in [4.69, 9.17) is 9.47 Å². The number of hydrogen-bond donors (Lipinski definition) is 1. The first-order valence-electron chi connectivity index (χ1n) is 10.9. The minimum absolute atomic E-state index is 0.151. The predicted octanol–water partition coefficient (Wildman–Crippen LogP) is 4.79. The number of carbonyl (C=O) groups excluding carboxylic acids is 2. The van der Waals surface area contributed by atoms with Crippen LogP contribution >= 0.6 is 15.9 Å². The fourth-order valence-electron chi connectivity index (χ4n) is 3.47. The number of rotatable bonds is 11. The first-order chi connectivity index (χ1) is 15.3. The number of carbonyl (C=O) groups is 2. The van der Waals surface area contributed by atoms with Crippen LogP contribution in [0.1, 0.15) is 43.4 Å². The highest BCUT2D eigenvalue weighted by atomic mass is 79.9. The fourth-order valence-corrected chi connectivity index (χ4v) is 3.70. The van der Waals surface area contributed by atoms with Crippen LogP contribution < -0.4 is 14.8 Å². The van der Waals surface area contributed by atoms with Gasteiger partial charge in [-0.05, 0) is 67.6 Å². The standard InChI is InChI=1S/C25H33BrN2O4/c1-6-11-27-25(30)22(7-2)28(15-19-9-8-10-20(14-19)31-5)23(29)16-32-21-12-17(3)24(26)18(4)13-21/h8-10,12-14,22H,6-7,11,15-16H2,1-5H3,(H,27,30)/t22-/m0/s1. The highest BCUT2D eigenvalue weighted by Gasteiger charge is 2.29. The molecule has 0 radical (unpaired) electrons. The van der Waals surface area contributed by atoms with Crippen molar-refractivity contribution >= 4 is 27.7 Å². The molecule has 0 fully saturated rings. The molecule has 1 N–H and O–H groups in total. The molecule has 174 valence electrons. The summed E-state index contributed by atoms with van der Waals surface area (Å²) in [7, 11) is 1.60. The monoisotopic (exact) mass is 504 g/mol. The number of benzene rings is 2. The molecule has 2 amide bonds. The molecule has 6 nitrogen and oxygen atoms in total. The molecule has 1 atom stereocenters. The molecular formula is C25H33BrN2O4. The second-order valence-electron chi connectivity index (χ2n) is 7.75. The van der Waals surface area contributed by atoms with Gasteiger partial charge in [-0.25, -0.2) is 0 Å². The molecule has 0 aliphatic carbocycles. The molecule has 0 bridgehead atoms. The Morgan fingerprint density at radius 1 is 1.09 bits per heavy atom. The van der Waals surface area contributed by atoms with Gasteiger partial charge in [-0.15, -0.1) is 0 Å². The quantitative estimate of drug-likeness (QED) is 0.477. The Morgan fingerprint density at radius 2 is 1.78 bits per heavy atom. The second kappa shape index (κ2) is 12.5. The SMILES string of the molecule is CCCNC(=O)[C@H](CC)N(Cc1cccc(OC)c1)C(=O)COc1cc(C)c(Br)c(C)c1. The van der Waals surface area contributed by atoms with E-state index in [1.54, 1.807) is 12.0 Å². The Morgan fingerprint density at radius 3 is 2.38 bits per heavy atom. The average molecular weight is 505 g/mol. The molecule has 0 saturated carbocycles. The van der Waals surface area contributed by atoms with Gasteiger partial charge < -0.3 is 19.7 Å². The van der Waals surface area contributed by atoms with Gasteiger partial charge in [0.05, 0.1) is 7.11 Å². The third kappa shape index (κ3) is 6.99. The van der Waals surface area contributed by atoms with Crippen molar-refractivity contribution in [3.63, 3.8) is 0 Å². The normalized spacial score (nSPS) is 11.6. The van der Waals surface area contributed by atoms with Gasteiger partial charge in [-0.3, -0.25) is 9.59 Å². The van der Waals surface area contributed by atoms with Gasteiger partial charge in [0, 0.05) is 17.6 Å². The lowest BCUT2D eigenvalue weighted by Crippen LogP contribution is -2.50. The Labute approximate surface area is 199 Å². The van der Waals surface area contributed by atoms with E-state index >= 15 is 0 Å². The third-order valence-corrected chi connectivity index (χ3v) is 6.45. The molecule has 2 aromatic carbocycles. The van der Waals surface area contributed by atoms with Crippen molar-refractivity contribution < 1.29 is 19.1 Å². The van der Waals surface area contributed by atoms with Crippen molar-refractivity contribution in [1.29, 1.82) is 0 Å². The van der Waals surface area contributed by atoms with E-state index in [9.17, 15) is 9.59 Å². The van der Waals surface area contributed by atoms with Crippen LogP contribution in [0.25, 0.3) is 0 Å². The number of amides is 2. The summed E-state index contributed by atoms with van der Waals surface area (Å²) in [6.07, 6.45) is 1.33. The van der Waals surface area contributed by atoms with Gasteiger partial charge >= 0.3 is 0 Å². The van der Waals surface area contributed by atoms with Crippen molar-refractivity contribution in [3.8, 4) is 11.5 Å². The summed E-state index contributed by atoms with van der Waals surface area (Å²) in [6, 6.07) is 10.7. The summed E-state index contributed by atoms with van der Waals surface area (Å²) < 4.78 is 12.2. The minimum Gasteiger partial charge on any atom is -0.497 e. The Hall–Kier alpha value is -2.54. The van der Waals surface area contributed by atoms with Crippen LogP contribution in [0.3, 0.4) is 0 Å². The molecular weight excluding hydrogens is 472 g/mol. The highest BCUT2D eigenvalue weighted by Crippen LogP contribution is 2.26. The summed E-state index contributed by atoms with van der Waals surface area (Å²) in [5, 5.41) is 2.92. The lowest BCUT2D eigenvalue weighted by atomic mass is 10.1. The topological polar surface area (TPSA) is 67.9 Å². The molecule has 0 heterocycles. The summed E-state index contributed by atoms with van der Waals surface area (Å²) >= 11 is 3.54. The minimum atomic E-state index is -0.586. The van der Waals surface area contributed by atoms with Gasteiger partial charge in [-0.1, -0.05) is 41.9 Å². The number of halogens is 1. The first-order valence-corrected chi connectivity index (χ1v) is 11.7. The van der Waals surface area contributed by atoms with Gasteiger partial charge in [0.15, 0.2) is 6.61 Å². The van der Waals surface area contributed by atoms with Crippen LogP contribution in [-0.4, -0.2) is 43.0 Å². The summed E-state index contributed by atoms with van der Waals surface area (Å²) in [6.45, 7) is 8.57. The van der Waals surface area contributed by atoms with E-state index in [2.05, 4.69) is 21.2 Å². The van der Waals surface area contributed by atoms with Crippen LogP contribution in [0.2, 0.25) is 0 Å². The van der Waals surface area contributed by atoms with Crippen LogP contribution in [0.5, 0.6) is 11.5 Å². The number of nitrogens with zero attached hydrogens (tertiary/aromatic N) is 1. The van der Waals surface area contributed by atoms with Gasteiger partial charge in [0.1, 0.15) is 17.5 Å². The number of nitrogens with one attached hydrogen (secondary N) is 1. The van der Waals surface area contributed by atoms with Gasteiger partial charge in [0.2, 0.25) is 5.91 Å². The third-order valence-electron chi connectivity index (χ3n) is 5.19. The summed E-state index contributed by atoms with van der Waals surface area (Å²) in [5.41, 5.74) is 2.95. The van der Waals surface area contributed by atoms with E-state index in [0.717, 1.165) is 27.6 Å². The van der Waals surface area contributed by atoms with Crippen LogP contribution in [0.15, 0.2) is 40.9 Å². The van der Waals surface area contributed by atoms with Crippen molar-refractivity contribution in [2.45, 2.75) is 53.1 Å². The summed E-state index contributed by atoms with van der Waals surface area (Å²) in [4.78, 5) is 27.7. The van der Waals surface area contributed by atoms with Crippen molar-refractivity contribution in [1.82, 2.24) is 10.2 Å². The molecule has 0 unspecified atom stereocenters. The Balaban J connectivity index is 2.24. The lowest BCUT2D eigenvalue weighted by molar-refractivity contribution is -0.143. The average Bonchev–Trinajstić information content (AvgIpc) is 2.79. The molecule has 0 aliphatic heterocycles. The molecule has 2 aromatic rings. The molecule has 32 heavy (non-hydrogen) atoms. The van der Waals surface area contributed by atoms with Crippen LogP contribution in [-0.2, 0) is 16.1 Å². The van der Waals surface area contributed by atoms with Crippen molar-refractivity contribution in [3.05, 3.63) is 57.6 Å². The number of methoxy groups -OCH3 is 1. The molecule has 2 rings (SSSR count). The summed E-state index contributed by atoms with van der Waals surface area (Å²) in [5.74, 6) is 0.933. The van der Waals surface area contributed by atoms with E-state index in [-0.39, 0.29) is 25.0 Å². The van der Waals surface area contributed by atoms with Gasteiger partial charge in [0.25, 0.3) is 5.91 Å². The maximum atomic E-state index is 13.3. The number of hydrogen-bond acceptors (Lipinski definition) is 4. The van der Waals surface area contributed by atoms with Crippen molar-refractivity contribution in [2.75, 3.05) is 20.3 Å². The first kappa shape index (κ1) is 25.7. The smallest absolute Gasteiger partial charge is 0.261 e. The van der Waals surface area contributed by atoms with E-state index in [1.807, 2.05) is 64.1 Å². The number of aryl methyl sites for hydroxylation is 2. The van der Waals surface area contributed by atoms with Crippen LogP contribution in [0, 0.1) is 13.8 Å². The zero-order valence-electron chi connectivity index (χ0n) is 19.5. The maximum absolute atomic E-state index is 13.3. The second-order valence-corrected chi connectivity index (χ2v) is 8.54. The zero-order chi connectivity index (χ0) is 23.7. The number of ether oxygens (including phenoxy) is 2. The molecule has 7 heteroatoms. The van der Waals surface area contributed by atoms with Crippen LogP contribution in [0.4, 0.5) is 0 Å². The largest absolute Gasteiger partial charge is 0.497 e. The fraction of sp³-hybridized carbons (Fsp3) is 0.440. The molecule has 0 aliphatic rings.